The highest BCUT2D eigenvalue weighted by Crippen LogP contribution is 2.66. The minimum Gasteiger partial charge on any atom is -0.284 e. The summed E-state index contributed by atoms with van der Waals surface area (Å²) in [6.07, 6.45) is 2.33. The molecule has 0 radical (unpaired) electrons. The number of aryl methyl sites for hydroxylation is 1. The molecule has 0 amide bonds. The highest BCUT2D eigenvalue weighted by molar-refractivity contribution is 5.47. The molecule has 2 aliphatic carbocycles. The molecule has 116 valence electrons. The van der Waals surface area contributed by atoms with Gasteiger partial charge in [0.25, 0.3) is 5.56 Å². The van der Waals surface area contributed by atoms with Crippen LogP contribution < -0.4 is 5.56 Å². The van der Waals surface area contributed by atoms with Crippen molar-refractivity contribution in [2.24, 2.45) is 12.5 Å². The fraction of sp³-hybridized carbons (Fsp3) is 0.526. The van der Waals surface area contributed by atoms with Gasteiger partial charge in [0.05, 0.1) is 11.4 Å². The number of aromatic nitrogens is 2. The molecule has 0 aliphatic heterocycles. The molecule has 4 rings (SSSR count). The normalized spacial score (nSPS) is 28.1. The van der Waals surface area contributed by atoms with Crippen molar-refractivity contribution in [3.8, 4) is 5.69 Å². The quantitative estimate of drug-likeness (QED) is 0.789. The van der Waals surface area contributed by atoms with Gasteiger partial charge in [-0.2, -0.15) is 0 Å². The fourth-order valence-corrected chi connectivity index (χ4v) is 5.00. The van der Waals surface area contributed by atoms with E-state index in [0.29, 0.717) is 5.92 Å². The maximum absolute atomic E-state index is 13.1. The van der Waals surface area contributed by atoms with Gasteiger partial charge in [-0.05, 0) is 43.2 Å². The Hall–Kier alpha value is -1.77. The molecule has 2 aliphatic rings. The van der Waals surface area contributed by atoms with E-state index >= 15 is 0 Å². The van der Waals surface area contributed by atoms with E-state index in [0.717, 1.165) is 17.7 Å². The summed E-state index contributed by atoms with van der Waals surface area (Å²) in [4.78, 5) is 13.1. The summed E-state index contributed by atoms with van der Waals surface area (Å²) in [5.41, 5.74) is 4.99. The largest absolute Gasteiger partial charge is 0.284 e. The third-order valence-corrected chi connectivity index (χ3v) is 6.68. The van der Waals surface area contributed by atoms with E-state index in [9.17, 15) is 4.79 Å². The highest BCUT2D eigenvalue weighted by Gasteiger charge is 2.62. The van der Waals surface area contributed by atoms with Crippen molar-refractivity contribution in [3.05, 3.63) is 51.4 Å². The predicted octanol–water partition coefficient (Wildman–Crippen LogP) is 3.66. The van der Waals surface area contributed by atoms with Crippen LogP contribution in [-0.4, -0.2) is 9.36 Å². The Morgan fingerprint density at radius 2 is 1.77 bits per heavy atom. The number of rotatable bonds is 1. The molecule has 0 saturated heterocycles. The van der Waals surface area contributed by atoms with Gasteiger partial charge >= 0.3 is 0 Å². The van der Waals surface area contributed by atoms with Crippen LogP contribution in [0.4, 0.5) is 0 Å². The summed E-state index contributed by atoms with van der Waals surface area (Å²) in [6.45, 7) is 9.08. The second-order valence-corrected chi connectivity index (χ2v) is 7.88. The molecule has 1 aromatic heterocycles. The average molecular weight is 296 g/mol. The van der Waals surface area contributed by atoms with Gasteiger partial charge < -0.3 is 0 Å². The first-order valence-corrected chi connectivity index (χ1v) is 8.18. The van der Waals surface area contributed by atoms with Gasteiger partial charge in [-0.25, -0.2) is 4.68 Å². The minimum absolute atomic E-state index is 0.108. The van der Waals surface area contributed by atoms with Gasteiger partial charge in [0.1, 0.15) is 0 Å². The molecule has 2 bridgehead atoms. The fourth-order valence-electron chi connectivity index (χ4n) is 5.00. The Labute approximate surface area is 131 Å². The molecule has 2 atom stereocenters. The lowest BCUT2D eigenvalue weighted by atomic mass is 9.70. The number of benzene rings is 1. The van der Waals surface area contributed by atoms with Crippen LogP contribution in [0.5, 0.6) is 0 Å². The summed E-state index contributed by atoms with van der Waals surface area (Å²) in [6, 6.07) is 8.23. The number of nitrogens with zero attached hydrogens (tertiary/aromatic N) is 2. The van der Waals surface area contributed by atoms with E-state index < -0.39 is 0 Å². The molecule has 0 N–H and O–H groups in total. The zero-order valence-electron chi connectivity index (χ0n) is 14.1. The Balaban J connectivity index is 2.00. The van der Waals surface area contributed by atoms with Crippen LogP contribution in [0.15, 0.2) is 29.1 Å². The Morgan fingerprint density at radius 1 is 1.14 bits per heavy atom. The summed E-state index contributed by atoms with van der Waals surface area (Å²) in [7, 11) is 2.04. The maximum Gasteiger partial charge on any atom is 0.275 e. The van der Waals surface area contributed by atoms with Crippen LogP contribution in [0.1, 0.15) is 56.4 Å². The van der Waals surface area contributed by atoms with Crippen molar-refractivity contribution in [2.75, 3.05) is 0 Å². The topological polar surface area (TPSA) is 26.9 Å². The van der Waals surface area contributed by atoms with E-state index in [4.69, 9.17) is 0 Å². The average Bonchev–Trinajstić information content (AvgIpc) is 2.92. The second kappa shape index (κ2) is 3.95. The SMILES string of the molecule is Cc1ccc(-n2c(=O)c3c(n2C)C2(C)CCC3C2(C)C)cc1. The van der Waals surface area contributed by atoms with E-state index in [1.807, 2.05) is 23.9 Å². The molecule has 2 aromatic rings. The zero-order valence-corrected chi connectivity index (χ0v) is 14.1. The molecular weight excluding hydrogens is 272 g/mol. The first-order valence-electron chi connectivity index (χ1n) is 8.18. The summed E-state index contributed by atoms with van der Waals surface area (Å²) in [5, 5.41) is 0. The van der Waals surface area contributed by atoms with Gasteiger partial charge in [0.2, 0.25) is 0 Å². The van der Waals surface area contributed by atoms with E-state index in [2.05, 4.69) is 44.5 Å². The van der Waals surface area contributed by atoms with Crippen LogP contribution in [-0.2, 0) is 12.5 Å². The number of hydrogen-bond acceptors (Lipinski definition) is 1. The van der Waals surface area contributed by atoms with Crippen LogP contribution in [0, 0.1) is 12.3 Å². The highest BCUT2D eigenvalue weighted by atomic mass is 16.1. The van der Waals surface area contributed by atoms with Crippen molar-refractivity contribution in [1.82, 2.24) is 9.36 Å². The zero-order chi connectivity index (χ0) is 15.9. The second-order valence-electron chi connectivity index (χ2n) is 7.88. The number of hydrogen-bond donors (Lipinski definition) is 0. The summed E-state index contributed by atoms with van der Waals surface area (Å²) in [5.74, 6) is 0.401. The minimum atomic E-state index is 0.108. The molecule has 1 heterocycles. The van der Waals surface area contributed by atoms with Crippen LogP contribution in [0.2, 0.25) is 0 Å². The van der Waals surface area contributed by atoms with Gasteiger partial charge in [0.15, 0.2) is 0 Å². The smallest absolute Gasteiger partial charge is 0.275 e. The Morgan fingerprint density at radius 3 is 2.36 bits per heavy atom. The molecule has 22 heavy (non-hydrogen) atoms. The third-order valence-electron chi connectivity index (χ3n) is 6.68. The molecule has 1 fully saturated rings. The molecular formula is C19H24N2O. The molecule has 0 spiro atoms. The van der Waals surface area contributed by atoms with Gasteiger partial charge in [-0.15, -0.1) is 0 Å². The van der Waals surface area contributed by atoms with Crippen molar-refractivity contribution in [1.29, 1.82) is 0 Å². The first-order chi connectivity index (χ1) is 10.3. The van der Waals surface area contributed by atoms with Crippen molar-refractivity contribution in [3.63, 3.8) is 0 Å². The van der Waals surface area contributed by atoms with Crippen LogP contribution >= 0.6 is 0 Å². The van der Waals surface area contributed by atoms with E-state index in [1.165, 1.54) is 17.7 Å². The lowest BCUT2D eigenvalue weighted by molar-refractivity contribution is 0.218. The van der Waals surface area contributed by atoms with E-state index in [1.54, 1.807) is 0 Å². The lowest BCUT2D eigenvalue weighted by Crippen LogP contribution is -2.35. The molecule has 3 nitrogen and oxygen atoms in total. The van der Waals surface area contributed by atoms with Gasteiger partial charge in [-0.1, -0.05) is 38.5 Å². The number of fused-ring (bicyclic) bond motifs is 5. The Bertz CT molecular complexity index is 822. The maximum atomic E-state index is 13.1. The third kappa shape index (κ3) is 1.35. The van der Waals surface area contributed by atoms with Crippen molar-refractivity contribution in [2.45, 2.75) is 51.9 Å². The van der Waals surface area contributed by atoms with Gasteiger partial charge in [-0.3, -0.25) is 9.48 Å². The molecule has 1 saturated carbocycles. The Kier molecular flexibility index (Phi) is 2.49. The molecule has 1 aromatic carbocycles. The van der Waals surface area contributed by atoms with Crippen LogP contribution in [0.3, 0.4) is 0 Å². The van der Waals surface area contributed by atoms with Crippen LogP contribution in [0.25, 0.3) is 5.69 Å². The van der Waals surface area contributed by atoms with Gasteiger partial charge in [0, 0.05) is 18.0 Å². The van der Waals surface area contributed by atoms with E-state index in [-0.39, 0.29) is 16.4 Å². The van der Waals surface area contributed by atoms with Crippen molar-refractivity contribution >= 4 is 0 Å². The first kappa shape index (κ1) is 13.9. The monoisotopic (exact) mass is 296 g/mol. The molecule has 2 unspecified atom stereocenters. The summed E-state index contributed by atoms with van der Waals surface area (Å²) >= 11 is 0. The predicted molar refractivity (Wildman–Crippen MR) is 88.9 cm³/mol. The molecule has 3 heteroatoms. The summed E-state index contributed by atoms with van der Waals surface area (Å²) < 4.78 is 3.97. The van der Waals surface area contributed by atoms with Crippen molar-refractivity contribution < 1.29 is 0 Å². The standard InChI is InChI=1S/C19H24N2O/c1-12-6-8-13(9-7-12)21-17(22)15-14-10-11-19(4,18(14,2)3)16(15)20(21)5/h6-9,14H,10-11H2,1-5H3. The lowest BCUT2D eigenvalue weighted by Gasteiger charge is -2.36.